The Balaban J connectivity index is 1.86. The Bertz CT molecular complexity index is 621. The molecular weight excluding hydrogens is 252 g/mol. The number of hydrogen-bond acceptors (Lipinski definition) is 3. The van der Waals surface area contributed by atoms with Crippen molar-refractivity contribution in [1.82, 2.24) is 0 Å². The fraction of sp³-hybridized carbons (Fsp3) is 0.294. The highest BCUT2D eigenvalue weighted by Crippen LogP contribution is 2.35. The second-order valence-corrected chi connectivity index (χ2v) is 5.15. The predicted molar refractivity (Wildman–Crippen MR) is 77.2 cm³/mol. The van der Waals surface area contributed by atoms with Crippen LogP contribution in [0.1, 0.15) is 22.8 Å². The van der Waals surface area contributed by atoms with Crippen LogP contribution in [0.3, 0.4) is 0 Å². The molecule has 0 saturated carbocycles. The molecule has 3 heteroatoms. The van der Waals surface area contributed by atoms with Gasteiger partial charge in [-0.1, -0.05) is 30.3 Å². The first-order chi connectivity index (χ1) is 9.66. The van der Waals surface area contributed by atoms with Gasteiger partial charge in [0.2, 0.25) is 0 Å². The van der Waals surface area contributed by atoms with E-state index >= 15 is 0 Å². The topological polar surface area (TPSA) is 38.7 Å². The SMILES string of the molecule is Cc1cccc(C(O)C2COc3ccccc3O2)c1C. The van der Waals surface area contributed by atoms with E-state index in [9.17, 15) is 5.11 Å². The summed E-state index contributed by atoms with van der Waals surface area (Å²) in [6.45, 7) is 4.41. The molecule has 1 N–H and O–H groups in total. The molecule has 3 nitrogen and oxygen atoms in total. The van der Waals surface area contributed by atoms with Gasteiger partial charge < -0.3 is 14.6 Å². The Morgan fingerprint density at radius 2 is 1.80 bits per heavy atom. The number of aryl methyl sites for hydroxylation is 1. The van der Waals surface area contributed by atoms with Crippen molar-refractivity contribution in [3.05, 3.63) is 59.2 Å². The van der Waals surface area contributed by atoms with Crippen LogP contribution in [0, 0.1) is 13.8 Å². The highest BCUT2D eigenvalue weighted by Gasteiger charge is 2.29. The van der Waals surface area contributed by atoms with Gasteiger partial charge in [0, 0.05) is 0 Å². The summed E-state index contributed by atoms with van der Waals surface area (Å²) in [6.07, 6.45) is -1.08. The van der Waals surface area contributed by atoms with Crippen molar-refractivity contribution in [3.63, 3.8) is 0 Å². The average Bonchev–Trinajstić information content (AvgIpc) is 2.49. The Hall–Kier alpha value is -2.00. The van der Waals surface area contributed by atoms with Crippen LogP contribution >= 0.6 is 0 Å². The first-order valence-electron chi connectivity index (χ1n) is 6.79. The van der Waals surface area contributed by atoms with Crippen molar-refractivity contribution < 1.29 is 14.6 Å². The Morgan fingerprint density at radius 3 is 2.60 bits per heavy atom. The lowest BCUT2D eigenvalue weighted by Gasteiger charge is -2.30. The van der Waals surface area contributed by atoms with Gasteiger partial charge in [0.25, 0.3) is 0 Å². The zero-order valence-electron chi connectivity index (χ0n) is 11.7. The molecule has 20 heavy (non-hydrogen) atoms. The number of hydrogen-bond donors (Lipinski definition) is 1. The van der Waals surface area contributed by atoms with Gasteiger partial charge in [0.1, 0.15) is 12.7 Å². The number of fused-ring (bicyclic) bond motifs is 1. The molecule has 1 heterocycles. The lowest BCUT2D eigenvalue weighted by Crippen LogP contribution is -2.35. The highest BCUT2D eigenvalue weighted by molar-refractivity contribution is 5.41. The molecule has 1 aliphatic rings. The molecule has 0 bridgehead atoms. The van der Waals surface area contributed by atoms with Crippen LogP contribution in [-0.2, 0) is 0 Å². The summed E-state index contributed by atoms with van der Waals surface area (Å²) in [5.41, 5.74) is 3.17. The fourth-order valence-electron chi connectivity index (χ4n) is 2.49. The molecule has 0 aliphatic carbocycles. The predicted octanol–water partition coefficient (Wildman–Crippen LogP) is 3.18. The van der Waals surface area contributed by atoms with Gasteiger partial charge in [-0.2, -0.15) is 0 Å². The Labute approximate surface area is 118 Å². The molecular formula is C17H18O3. The number of aliphatic hydroxyl groups is 1. The molecule has 0 spiro atoms. The monoisotopic (exact) mass is 270 g/mol. The maximum Gasteiger partial charge on any atom is 0.163 e. The van der Waals surface area contributed by atoms with E-state index in [1.807, 2.05) is 56.3 Å². The van der Waals surface area contributed by atoms with Crippen LogP contribution in [0.15, 0.2) is 42.5 Å². The number of para-hydroxylation sites is 2. The van der Waals surface area contributed by atoms with Gasteiger partial charge in [-0.15, -0.1) is 0 Å². The van der Waals surface area contributed by atoms with Crippen LogP contribution in [-0.4, -0.2) is 17.8 Å². The number of rotatable bonds is 2. The number of aliphatic hydroxyl groups excluding tert-OH is 1. The summed E-state index contributed by atoms with van der Waals surface area (Å²) in [4.78, 5) is 0. The van der Waals surface area contributed by atoms with Crippen molar-refractivity contribution in [2.24, 2.45) is 0 Å². The van der Waals surface area contributed by atoms with Gasteiger partial charge in [-0.05, 0) is 42.7 Å². The summed E-state index contributed by atoms with van der Waals surface area (Å²) in [6, 6.07) is 13.5. The van der Waals surface area contributed by atoms with Gasteiger partial charge in [0.15, 0.2) is 17.6 Å². The van der Waals surface area contributed by atoms with Crippen LogP contribution in [0.4, 0.5) is 0 Å². The third-order valence-electron chi connectivity index (χ3n) is 3.85. The summed E-state index contributed by atoms with van der Waals surface area (Å²) < 4.78 is 11.5. The molecule has 104 valence electrons. The molecule has 3 rings (SSSR count). The van der Waals surface area contributed by atoms with E-state index in [0.717, 1.165) is 16.9 Å². The molecule has 0 amide bonds. The smallest absolute Gasteiger partial charge is 0.163 e. The molecule has 0 fully saturated rings. The molecule has 0 aromatic heterocycles. The molecule has 2 aromatic carbocycles. The quantitative estimate of drug-likeness (QED) is 0.911. The average molecular weight is 270 g/mol. The maximum atomic E-state index is 10.6. The first-order valence-corrected chi connectivity index (χ1v) is 6.79. The van der Waals surface area contributed by atoms with Crippen molar-refractivity contribution in [1.29, 1.82) is 0 Å². The second kappa shape index (κ2) is 5.17. The van der Waals surface area contributed by atoms with Crippen LogP contribution in [0.25, 0.3) is 0 Å². The van der Waals surface area contributed by atoms with Crippen LogP contribution in [0.5, 0.6) is 11.5 Å². The summed E-state index contributed by atoms with van der Waals surface area (Å²) in [5.74, 6) is 1.42. The van der Waals surface area contributed by atoms with Gasteiger partial charge in [-0.25, -0.2) is 0 Å². The lowest BCUT2D eigenvalue weighted by molar-refractivity contribution is -0.0116. The number of ether oxygens (including phenoxy) is 2. The standard InChI is InChI=1S/C17H18O3/c1-11-6-5-7-13(12(11)2)17(18)16-10-19-14-8-3-4-9-15(14)20-16/h3-9,16-18H,10H2,1-2H3. The molecule has 2 aromatic rings. The highest BCUT2D eigenvalue weighted by atomic mass is 16.6. The fourth-order valence-corrected chi connectivity index (χ4v) is 2.49. The van der Waals surface area contributed by atoms with Crippen molar-refractivity contribution in [2.45, 2.75) is 26.1 Å². The Morgan fingerprint density at radius 1 is 1.05 bits per heavy atom. The van der Waals surface area contributed by atoms with Crippen LogP contribution in [0.2, 0.25) is 0 Å². The van der Waals surface area contributed by atoms with E-state index < -0.39 is 6.10 Å². The lowest BCUT2D eigenvalue weighted by atomic mass is 9.96. The van der Waals surface area contributed by atoms with Crippen molar-refractivity contribution in [2.75, 3.05) is 6.61 Å². The molecule has 2 atom stereocenters. The minimum absolute atomic E-state index is 0.353. The minimum Gasteiger partial charge on any atom is -0.486 e. The number of benzene rings is 2. The third-order valence-corrected chi connectivity index (χ3v) is 3.85. The molecule has 1 aliphatic heterocycles. The molecule has 0 radical (unpaired) electrons. The van der Waals surface area contributed by atoms with E-state index in [1.165, 1.54) is 5.56 Å². The molecule has 0 saturated heterocycles. The maximum absolute atomic E-state index is 10.6. The normalized spacial score (nSPS) is 18.6. The third kappa shape index (κ3) is 2.25. The van der Waals surface area contributed by atoms with E-state index in [0.29, 0.717) is 12.4 Å². The van der Waals surface area contributed by atoms with Gasteiger partial charge >= 0.3 is 0 Å². The van der Waals surface area contributed by atoms with Gasteiger partial charge in [-0.3, -0.25) is 0 Å². The molecule has 2 unspecified atom stereocenters. The van der Waals surface area contributed by atoms with Crippen molar-refractivity contribution in [3.8, 4) is 11.5 Å². The van der Waals surface area contributed by atoms with E-state index in [1.54, 1.807) is 0 Å². The second-order valence-electron chi connectivity index (χ2n) is 5.15. The van der Waals surface area contributed by atoms with E-state index in [2.05, 4.69) is 0 Å². The summed E-state index contributed by atoms with van der Waals surface area (Å²) in [7, 11) is 0. The largest absolute Gasteiger partial charge is 0.486 e. The van der Waals surface area contributed by atoms with Gasteiger partial charge in [0.05, 0.1) is 0 Å². The summed E-state index contributed by atoms with van der Waals surface area (Å²) in [5, 5.41) is 10.6. The first kappa shape index (κ1) is 13.0. The van der Waals surface area contributed by atoms with Crippen molar-refractivity contribution >= 4 is 0 Å². The minimum atomic E-state index is -0.691. The van der Waals surface area contributed by atoms with Crippen LogP contribution < -0.4 is 9.47 Å². The van der Waals surface area contributed by atoms with E-state index in [4.69, 9.17) is 9.47 Å². The zero-order valence-corrected chi connectivity index (χ0v) is 11.7. The van der Waals surface area contributed by atoms with E-state index in [-0.39, 0.29) is 6.10 Å². The Kier molecular flexibility index (Phi) is 3.36. The summed E-state index contributed by atoms with van der Waals surface area (Å²) >= 11 is 0. The zero-order chi connectivity index (χ0) is 14.1.